The molecular formula is C31H35BrN2O7. The summed E-state index contributed by atoms with van der Waals surface area (Å²) in [7, 11) is 0. The van der Waals surface area contributed by atoms with Crippen LogP contribution >= 0.6 is 15.9 Å². The van der Waals surface area contributed by atoms with Crippen molar-refractivity contribution in [3.8, 4) is 5.75 Å². The Kier molecular flexibility index (Phi) is 9.78. The summed E-state index contributed by atoms with van der Waals surface area (Å²) in [5.41, 5.74) is 3.10. The lowest BCUT2D eigenvalue weighted by Crippen LogP contribution is -2.39. The van der Waals surface area contributed by atoms with Crippen molar-refractivity contribution in [2.75, 3.05) is 11.5 Å². The SMILES string of the molecule is CCCC1=C([C@H](O)CC/C(=C/c2cc(Br)ccc2O)CC)[C@H](CO)[C@@H]2C(=O)N(c3cccc([N+](=O)[O-])c3)C(=O)[C@@H]2C1. The number of carbonyl (C=O) groups is 2. The van der Waals surface area contributed by atoms with Crippen molar-refractivity contribution in [1.29, 1.82) is 0 Å². The van der Waals surface area contributed by atoms with Gasteiger partial charge < -0.3 is 15.3 Å². The van der Waals surface area contributed by atoms with Crippen LogP contribution in [0.3, 0.4) is 0 Å². The number of allylic oxidation sites excluding steroid dienone is 2. The summed E-state index contributed by atoms with van der Waals surface area (Å²) >= 11 is 3.42. The third kappa shape index (κ3) is 6.29. The number of aromatic hydroxyl groups is 1. The molecule has 41 heavy (non-hydrogen) atoms. The van der Waals surface area contributed by atoms with E-state index >= 15 is 0 Å². The Morgan fingerprint density at radius 1 is 1.20 bits per heavy atom. The minimum absolute atomic E-state index is 0.132. The van der Waals surface area contributed by atoms with Crippen LogP contribution in [0.2, 0.25) is 0 Å². The first kappa shape index (κ1) is 30.6. The molecule has 1 aliphatic carbocycles. The van der Waals surface area contributed by atoms with Crippen molar-refractivity contribution < 1.29 is 29.8 Å². The van der Waals surface area contributed by atoms with Crippen LogP contribution in [-0.4, -0.2) is 44.8 Å². The van der Waals surface area contributed by atoms with Crippen molar-refractivity contribution >= 4 is 45.2 Å². The number of halogens is 1. The fourth-order valence-electron chi connectivity index (χ4n) is 6.19. The number of hydrogen-bond acceptors (Lipinski definition) is 7. The van der Waals surface area contributed by atoms with Crippen LogP contribution in [0, 0.1) is 27.9 Å². The number of nitrogens with zero attached hydrogens (tertiary/aromatic N) is 2. The fourth-order valence-corrected chi connectivity index (χ4v) is 6.57. The van der Waals surface area contributed by atoms with Crippen molar-refractivity contribution in [2.24, 2.45) is 17.8 Å². The molecule has 218 valence electrons. The number of nitro groups is 1. The first-order valence-electron chi connectivity index (χ1n) is 13.9. The Bertz CT molecular complexity index is 1400. The highest BCUT2D eigenvalue weighted by molar-refractivity contribution is 9.10. The molecule has 3 N–H and O–H groups in total. The molecule has 0 aromatic heterocycles. The normalized spacial score (nSPS) is 21.8. The molecule has 0 saturated carbocycles. The van der Waals surface area contributed by atoms with Gasteiger partial charge in [0.25, 0.3) is 5.69 Å². The van der Waals surface area contributed by atoms with E-state index in [1.54, 1.807) is 12.1 Å². The maximum Gasteiger partial charge on any atom is 0.271 e. The summed E-state index contributed by atoms with van der Waals surface area (Å²) in [6.07, 6.45) is 4.24. The van der Waals surface area contributed by atoms with Gasteiger partial charge in [-0.2, -0.15) is 0 Å². The number of hydrogen-bond donors (Lipinski definition) is 3. The first-order chi connectivity index (χ1) is 19.6. The summed E-state index contributed by atoms with van der Waals surface area (Å²) in [6, 6.07) is 10.6. The average molecular weight is 628 g/mol. The standard InChI is InChI=1S/C31H35BrN2O7/c1-3-6-19-15-24-29(31(39)33(30(24)38)22-7-5-8-23(16-22)34(40)41)25(17-35)28(19)27(37)11-9-18(4-2)13-20-14-21(32)10-12-26(20)36/h5,7-8,10,12-14,16,24-25,27,29,35-37H,3-4,6,9,11,15,17H2,1-2H3/b18-13+/t24-,25+,27-,29-/m1/s1. The molecule has 1 fully saturated rings. The third-order valence-corrected chi connectivity index (χ3v) is 8.63. The lowest BCUT2D eigenvalue weighted by Gasteiger charge is -2.36. The number of phenols is 1. The van der Waals surface area contributed by atoms with Crippen molar-refractivity contribution in [3.05, 3.63) is 79.3 Å². The number of imide groups is 1. The van der Waals surface area contributed by atoms with E-state index < -0.39 is 47.2 Å². The van der Waals surface area contributed by atoms with Crippen LogP contribution in [0.1, 0.15) is 57.9 Å². The number of aliphatic hydroxyl groups excluding tert-OH is 2. The highest BCUT2D eigenvalue weighted by Crippen LogP contribution is 2.48. The van der Waals surface area contributed by atoms with Crippen LogP contribution in [0.5, 0.6) is 5.75 Å². The predicted octanol–water partition coefficient (Wildman–Crippen LogP) is 5.91. The van der Waals surface area contributed by atoms with Gasteiger partial charge in [0.15, 0.2) is 0 Å². The van der Waals surface area contributed by atoms with Gasteiger partial charge in [-0.15, -0.1) is 0 Å². The summed E-state index contributed by atoms with van der Waals surface area (Å²) < 4.78 is 0.837. The Morgan fingerprint density at radius 3 is 2.61 bits per heavy atom. The number of fused-ring (bicyclic) bond motifs is 1. The summed E-state index contributed by atoms with van der Waals surface area (Å²) in [6.45, 7) is 3.59. The smallest absolute Gasteiger partial charge is 0.271 e. The molecule has 2 aromatic rings. The third-order valence-electron chi connectivity index (χ3n) is 8.13. The number of amides is 2. The Balaban J connectivity index is 1.62. The van der Waals surface area contributed by atoms with E-state index in [0.29, 0.717) is 43.2 Å². The van der Waals surface area contributed by atoms with Gasteiger partial charge in [-0.05, 0) is 61.9 Å². The van der Waals surface area contributed by atoms with Gasteiger partial charge in [-0.3, -0.25) is 19.7 Å². The lowest BCUT2D eigenvalue weighted by molar-refractivity contribution is -0.384. The van der Waals surface area contributed by atoms with Gasteiger partial charge in [0, 0.05) is 28.1 Å². The summed E-state index contributed by atoms with van der Waals surface area (Å²) in [5.74, 6) is -3.11. The van der Waals surface area contributed by atoms with Gasteiger partial charge in [-0.25, -0.2) is 4.90 Å². The van der Waals surface area contributed by atoms with Gasteiger partial charge in [0.05, 0.1) is 35.2 Å². The molecule has 1 aliphatic heterocycles. The molecule has 1 heterocycles. The molecule has 0 bridgehead atoms. The molecule has 2 aliphatic rings. The topological polar surface area (TPSA) is 141 Å². The Labute approximate surface area is 247 Å². The second-order valence-electron chi connectivity index (χ2n) is 10.6. The molecule has 2 aromatic carbocycles. The van der Waals surface area contributed by atoms with Gasteiger partial charge >= 0.3 is 0 Å². The summed E-state index contributed by atoms with van der Waals surface area (Å²) in [5, 5.41) is 43.6. The van der Waals surface area contributed by atoms with Gasteiger partial charge in [0.2, 0.25) is 11.8 Å². The zero-order chi connectivity index (χ0) is 29.8. The van der Waals surface area contributed by atoms with E-state index in [-0.39, 0.29) is 17.1 Å². The summed E-state index contributed by atoms with van der Waals surface area (Å²) in [4.78, 5) is 39.0. The second-order valence-corrected chi connectivity index (χ2v) is 11.6. The predicted molar refractivity (Wildman–Crippen MR) is 159 cm³/mol. The molecule has 1 saturated heterocycles. The van der Waals surface area contributed by atoms with Crippen molar-refractivity contribution in [1.82, 2.24) is 0 Å². The van der Waals surface area contributed by atoms with Crippen LogP contribution in [0.4, 0.5) is 11.4 Å². The zero-order valence-electron chi connectivity index (χ0n) is 23.1. The van der Waals surface area contributed by atoms with E-state index in [4.69, 9.17) is 0 Å². The van der Waals surface area contributed by atoms with E-state index in [9.17, 15) is 35.0 Å². The van der Waals surface area contributed by atoms with E-state index in [1.165, 1.54) is 24.3 Å². The minimum Gasteiger partial charge on any atom is -0.507 e. The van der Waals surface area contributed by atoms with Crippen LogP contribution < -0.4 is 4.90 Å². The molecule has 0 spiro atoms. The molecule has 2 amide bonds. The zero-order valence-corrected chi connectivity index (χ0v) is 24.7. The molecule has 0 unspecified atom stereocenters. The van der Waals surface area contributed by atoms with Crippen molar-refractivity contribution in [3.63, 3.8) is 0 Å². The van der Waals surface area contributed by atoms with Crippen LogP contribution in [-0.2, 0) is 9.59 Å². The average Bonchev–Trinajstić information content (AvgIpc) is 3.20. The largest absolute Gasteiger partial charge is 0.507 e. The number of non-ortho nitro benzene ring substituents is 1. The highest BCUT2D eigenvalue weighted by atomic mass is 79.9. The molecule has 4 atom stereocenters. The molecule has 0 radical (unpaired) electrons. The highest BCUT2D eigenvalue weighted by Gasteiger charge is 2.55. The van der Waals surface area contributed by atoms with E-state index in [1.807, 2.05) is 26.0 Å². The number of anilines is 1. The molecule has 10 heteroatoms. The number of phenolic OH excluding ortho intramolecular Hbond substituents is 1. The maximum atomic E-state index is 13.7. The molecule has 4 rings (SSSR count). The molecule has 9 nitrogen and oxygen atoms in total. The number of carbonyl (C=O) groups excluding carboxylic acids is 2. The Hall–Kier alpha value is -3.34. The number of benzene rings is 2. The second kappa shape index (κ2) is 13.1. The lowest BCUT2D eigenvalue weighted by atomic mass is 9.67. The van der Waals surface area contributed by atoms with Gasteiger partial charge in [-0.1, -0.05) is 59.5 Å². The fraction of sp³-hybridized carbons (Fsp3) is 0.419. The number of aliphatic hydroxyl groups is 2. The van der Waals surface area contributed by atoms with Crippen molar-refractivity contribution in [2.45, 2.75) is 58.5 Å². The van der Waals surface area contributed by atoms with Crippen LogP contribution in [0.15, 0.2) is 63.7 Å². The van der Waals surface area contributed by atoms with E-state index in [0.717, 1.165) is 26.9 Å². The minimum atomic E-state index is -0.935. The monoisotopic (exact) mass is 626 g/mol. The number of nitro benzene ring substituents is 1. The molecular weight excluding hydrogens is 592 g/mol. The quantitative estimate of drug-likeness (QED) is 0.122. The Morgan fingerprint density at radius 2 is 1.95 bits per heavy atom. The van der Waals surface area contributed by atoms with Gasteiger partial charge in [0.1, 0.15) is 5.75 Å². The van der Waals surface area contributed by atoms with Crippen LogP contribution in [0.25, 0.3) is 6.08 Å². The van der Waals surface area contributed by atoms with E-state index in [2.05, 4.69) is 15.9 Å². The first-order valence-corrected chi connectivity index (χ1v) is 14.7. The maximum absolute atomic E-state index is 13.7. The number of rotatable bonds is 11.